The third kappa shape index (κ3) is 4.55. The van der Waals surface area contributed by atoms with Gasteiger partial charge in [0.1, 0.15) is 0 Å². The molecule has 0 N–H and O–H groups in total. The van der Waals surface area contributed by atoms with Crippen molar-refractivity contribution in [3.8, 4) is 0 Å². The quantitative estimate of drug-likeness (QED) is 0.634. The maximum Gasteiger partial charge on any atom is -0.0231 e. The van der Waals surface area contributed by atoms with Crippen molar-refractivity contribution in [1.29, 1.82) is 0 Å². The van der Waals surface area contributed by atoms with Crippen LogP contribution >= 0.6 is 0 Å². The Morgan fingerprint density at radius 3 is 1.85 bits per heavy atom. The van der Waals surface area contributed by atoms with Crippen molar-refractivity contribution in [3.05, 3.63) is 82.9 Å². The van der Waals surface area contributed by atoms with E-state index in [2.05, 4.69) is 77.3 Å². The summed E-state index contributed by atoms with van der Waals surface area (Å²) in [6.45, 7) is 15.8. The second-order valence-electron chi connectivity index (χ2n) is 5.11. The second kappa shape index (κ2) is 7.49. The highest BCUT2D eigenvalue weighted by Crippen LogP contribution is 2.11. The van der Waals surface area contributed by atoms with Crippen LogP contribution in [0.1, 0.15) is 33.4 Å². The average Bonchev–Trinajstić information content (AvgIpc) is 2.45. The van der Waals surface area contributed by atoms with Crippen LogP contribution in [0.4, 0.5) is 0 Å². The molecule has 0 heterocycles. The van der Waals surface area contributed by atoms with Gasteiger partial charge in [-0.3, -0.25) is 0 Å². The first kappa shape index (κ1) is 16.0. The van der Waals surface area contributed by atoms with Crippen LogP contribution in [0.3, 0.4) is 0 Å². The molecule has 2 rings (SSSR count). The molecule has 0 heteroatoms. The molecule has 0 aromatic heterocycles. The molecule has 0 amide bonds. The smallest absolute Gasteiger partial charge is 0.0231 e. The molecular formula is C20H24. The summed E-state index contributed by atoms with van der Waals surface area (Å²) in [5.41, 5.74) is 7.69. The van der Waals surface area contributed by atoms with E-state index in [9.17, 15) is 0 Å². The largest absolute Gasteiger partial charge is 0.0985 e. The maximum atomic E-state index is 3.73. The van der Waals surface area contributed by atoms with Gasteiger partial charge in [0.25, 0.3) is 0 Å². The van der Waals surface area contributed by atoms with Gasteiger partial charge in [-0.25, -0.2) is 0 Å². The van der Waals surface area contributed by atoms with Crippen LogP contribution in [0.2, 0.25) is 0 Å². The molecule has 2 aromatic carbocycles. The van der Waals surface area contributed by atoms with E-state index in [1.165, 1.54) is 33.4 Å². The van der Waals surface area contributed by atoms with Crippen LogP contribution in [0.15, 0.2) is 49.6 Å². The molecule has 20 heavy (non-hydrogen) atoms. The molecule has 0 bridgehead atoms. The molecule has 0 radical (unpaired) electrons. The van der Waals surface area contributed by atoms with Crippen molar-refractivity contribution >= 4 is 12.2 Å². The lowest BCUT2D eigenvalue weighted by Gasteiger charge is -1.99. The minimum absolute atomic E-state index is 1.20. The molecule has 0 saturated carbocycles. The third-order valence-corrected chi connectivity index (χ3v) is 3.42. The Morgan fingerprint density at radius 2 is 1.35 bits per heavy atom. The SMILES string of the molecule is C=Cc1cc(C)ccc1C.C=Cc1ccc(C)c(C)c1. The number of rotatable bonds is 2. The topological polar surface area (TPSA) is 0 Å². The Balaban J connectivity index is 0.000000200. The van der Waals surface area contributed by atoms with Gasteiger partial charge in [-0.1, -0.05) is 67.3 Å². The van der Waals surface area contributed by atoms with E-state index in [1.807, 2.05) is 12.2 Å². The molecule has 0 spiro atoms. The van der Waals surface area contributed by atoms with Crippen molar-refractivity contribution in [2.24, 2.45) is 0 Å². The van der Waals surface area contributed by atoms with Gasteiger partial charge in [-0.2, -0.15) is 0 Å². The average molecular weight is 264 g/mol. The van der Waals surface area contributed by atoms with Crippen LogP contribution in [0.25, 0.3) is 12.2 Å². The number of hydrogen-bond donors (Lipinski definition) is 0. The fourth-order valence-corrected chi connectivity index (χ4v) is 1.87. The van der Waals surface area contributed by atoms with Gasteiger partial charge in [0, 0.05) is 0 Å². The molecule has 104 valence electrons. The van der Waals surface area contributed by atoms with Gasteiger partial charge in [0.05, 0.1) is 0 Å². The molecule has 0 atom stereocenters. The highest BCUT2D eigenvalue weighted by atomic mass is 14.0. The van der Waals surface area contributed by atoms with Crippen LogP contribution in [0.5, 0.6) is 0 Å². The number of hydrogen-bond acceptors (Lipinski definition) is 0. The lowest BCUT2D eigenvalue weighted by Crippen LogP contribution is -1.80. The van der Waals surface area contributed by atoms with Crippen molar-refractivity contribution in [1.82, 2.24) is 0 Å². The molecule has 0 aliphatic carbocycles. The Labute approximate surface area is 123 Å². The Bertz CT molecular complexity index is 603. The zero-order chi connectivity index (χ0) is 15.1. The molecule has 0 aliphatic rings. The first-order valence-corrected chi connectivity index (χ1v) is 6.87. The van der Waals surface area contributed by atoms with Crippen molar-refractivity contribution in [2.75, 3.05) is 0 Å². The fourth-order valence-electron chi connectivity index (χ4n) is 1.87. The summed E-state index contributed by atoms with van der Waals surface area (Å²) in [7, 11) is 0. The van der Waals surface area contributed by atoms with Crippen LogP contribution < -0.4 is 0 Å². The standard InChI is InChI=1S/2C10H12/c1-4-10-6-5-8(2)9(3)7-10;1-4-10-7-8(2)5-6-9(10)3/h2*4-7H,1H2,2-3H3. The van der Waals surface area contributed by atoms with Crippen molar-refractivity contribution in [3.63, 3.8) is 0 Å². The third-order valence-electron chi connectivity index (χ3n) is 3.42. The molecular weight excluding hydrogens is 240 g/mol. The number of aryl methyl sites for hydroxylation is 4. The van der Waals surface area contributed by atoms with Gasteiger partial charge >= 0.3 is 0 Å². The van der Waals surface area contributed by atoms with Gasteiger partial charge in [0.2, 0.25) is 0 Å². The number of benzene rings is 2. The predicted molar refractivity (Wildman–Crippen MR) is 92.0 cm³/mol. The molecule has 0 unspecified atom stereocenters. The van der Waals surface area contributed by atoms with Crippen molar-refractivity contribution in [2.45, 2.75) is 27.7 Å². The van der Waals surface area contributed by atoms with E-state index in [-0.39, 0.29) is 0 Å². The predicted octanol–water partition coefficient (Wildman–Crippen LogP) is 5.89. The summed E-state index contributed by atoms with van der Waals surface area (Å²) >= 11 is 0. The first-order valence-electron chi connectivity index (χ1n) is 6.87. The monoisotopic (exact) mass is 264 g/mol. The summed E-state index contributed by atoms with van der Waals surface area (Å²) in [4.78, 5) is 0. The van der Waals surface area contributed by atoms with E-state index in [4.69, 9.17) is 0 Å². The van der Waals surface area contributed by atoms with Crippen LogP contribution in [-0.4, -0.2) is 0 Å². The van der Waals surface area contributed by atoms with E-state index in [0.29, 0.717) is 0 Å². The maximum absolute atomic E-state index is 3.73. The van der Waals surface area contributed by atoms with E-state index in [1.54, 1.807) is 0 Å². The minimum Gasteiger partial charge on any atom is -0.0985 e. The lowest BCUT2D eigenvalue weighted by atomic mass is 10.1. The van der Waals surface area contributed by atoms with Crippen molar-refractivity contribution < 1.29 is 0 Å². The molecule has 0 aliphatic heterocycles. The summed E-state index contributed by atoms with van der Waals surface area (Å²) in [6, 6.07) is 12.7. The highest BCUT2D eigenvalue weighted by Gasteiger charge is 1.91. The summed E-state index contributed by atoms with van der Waals surface area (Å²) < 4.78 is 0. The Hall–Kier alpha value is -2.08. The van der Waals surface area contributed by atoms with E-state index in [0.717, 1.165) is 0 Å². The van der Waals surface area contributed by atoms with Gasteiger partial charge < -0.3 is 0 Å². The molecule has 0 saturated heterocycles. The van der Waals surface area contributed by atoms with Gasteiger partial charge in [0.15, 0.2) is 0 Å². The fraction of sp³-hybridized carbons (Fsp3) is 0.200. The van der Waals surface area contributed by atoms with Crippen LogP contribution in [-0.2, 0) is 0 Å². The summed E-state index contributed by atoms with van der Waals surface area (Å²) in [6.07, 6.45) is 3.76. The first-order chi connectivity index (χ1) is 9.47. The normalized spacial score (nSPS) is 9.40. The Morgan fingerprint density at radius 1 is 0.700 bits per heavy atom. The summed E-state index contributed by atoms with van der Waals surface area (Å²) in [5.74, 6) is 0. The second-order valence-corrected chi connectivity index (χ2v) is 5.11. The summed E-state index contributed by atoms with van der Waals surface area (Å²) in [5, 5.41) is 0. The molecule has 0 nitrogen and oxygen atoms in total. The zero-order valence-corrected chi connectivity index (χ0v) is 13.0. The zero-order valence-electron chi connectivity index (χ0n) is 13.0. The molecule has 0 fully saturated rings. The Kier molecular flexibility index (Phi) is 5.99. The molecule has 2 aromatic rings. The highest BCUT2D eigenvalue weighted by molar-refractivity contribution is 5.52. The van der Waals surface area contributed by atoms with E-state index >= 15 is 0 Å². The minimum atomic E-state index is 1.20. The van der Waals surface area contributed by atoms with E-state index < -0.39 is 0 Å². The lowest BCUT2D eigenvalue weighted by molar-refractivity contribution is 1.33. The van der Waals surface area contributed by atoms with Crippen LogP contribution in [0, 0.1) is 27.7 Å². The van der Waals surface area contributed by atoms with Gasteiger partial charge in [-0.15, -0.1) is 0 Å². The van der Waals surface area contributed by atoms with Gasteiger partial charge in [-0.05, 0) is 55.5 Å².